The summed E-state index contributed by atoms with van der Waals surface area (Å²) in [6, 6.07) is 14.6. The minimum Gasteiger partial charge on any atom is -0.497 e. The second kappa shape index (κ2) is 13.3. The number of pyridine rings is 1. The first kappa shape index (κ1) is 30.3. The van der Waals surface area contributed by atoms with Crippen molar-refractivity contribution in [2.75, 3.05) is 38.6 Å². The Kier molecular flexibility index (Phi) is 9.85. The summed E-state index contributed by atoms with van der Waals surface area (Å²) >= 11 is 0. The molecule has 0 fully saturated rings. The van der Waals surface area contributed by atoms with Crippen LogP contribution in [0, 0.1) is 5.92 Å². The third-order valence-electron chi connectivity index (χ3n) is 7.23. The molecule has 4 rings (SSSR count). The number of likely N-dealkylation sites (N-methyl/N-ethyl adjacent to an activating group) is 1. The lowest BCUT2D eigenvalue weighted by atomic mass is 10.0. The van der Waals surface area contributed by atoms with E-state index in [1.54, 1.807) is 47.6 Å². The number of aliphatic hydroxyl groups is 1. The van der Waals surface area contributed by atoms with Crippen molar-refractivity contribution in [2.45, 2.75) is 43.9 Å². The van der Waals surface area contributed by atoms with Gasteiger partial charge in [0.05, 0.1) is 31.1 Å². The smallest absolute Gasteiger partial charge is 0.261 e. The molecule has 220 valence electrons. The molecule has 1 aliphatic heterocycles. The van der Waals surface area contributed by atoms with Crippen LogP contribution in [0.25, 0.3) is 0 Å². The maximum absolute atomic E-state index is 13.5. The van der Waals surface area contributed by atoms with E-state index in [0.717, 1.165) is 5.56 Å². The largest absolute Gasteiger partial charge is 0.497 e. The SMILES string of the molecule is COc1ccc(S(=O)(=O)Nc2ccc3c(c2)CC(=O)N([C@H](C)CO)C[C@@H](C)[C@@H](CN(C)Cc2ccncc2)O3)cc1. The van der Waals surface area contributed by atoms with Crippen LogP contribution in [0.4, 0.5) is 5.69 Å². The van der Waals surface area contributed by atoms with Crippen molar-refractivity contribution in [3.8, 4) is 11.5 Å². The van der Waals surface area contributed by atoms with Crippen LogP contribution in [0.3, 0.4) is 0 Å². The highest BCUT2D eigenvalue weighted by Crippen LogP contribution is 2.30. The van der Waals surface area contributed by atoms with Gasteiger partial charge in [-0.25, -0.2) is 8.42 Å². The number of amides is 1. The number of carbonyl (C=O) groups excluding carboxylic acids is 1. The number of benzene rings is 2. The lowest BCUT2D eigenvalue weighted by molar-refractivity contribution is -0.134. The molecule has 0 saturated heterocycles. The summed E-state index contributed by atoms with van der Waals surface area (Å²) in [6.07, 6.45) is 3.25. The molecule has 41 heavy (non-hydrogen) atoms. The summed E-state index contributed by atoms with van der Waals surface area (Å²) in [6.45, 7) is 5.39. The molecule has 0 saturated carbocycles. The van der Waals surface area contributed by atoms with Gasteiger partial charge in [0, 0.05) is 49.2 Å². The van der Waals surface area contributed by atoms with Crippen molar-refractivity contribution in [2.24, 2.45) is 5.92 Å². The van der Waals surface area contributed by atoms with Gasteiger partial charge in [-0.2, -0.15) is 0 Å². The van der Waals surface area contributed by atoms with Gasteiger partial charge in [0.15, 0.2) is 0 Å². The van der Waals surface area contributed by atoms with Gasteiger partial charge in [0.1, 0.15) is 17.6 Å². The molecule has 0 spiro atoms. The minimum atomic E-state index is -3.88. The van der Waals surface area contributed by atoms with Crippen molar-refractivity contribution in [3.05, 3.63) is 78.1 Å². The van der Waals surface area contributed by atoms with Gasteiger partial charge in [0.25, 0.3) is 10.0 Å². The number of hydrogen-bond acceptors (Lipinski definition) is 8. The standard InChI is InChI=1S/C30H38N4O6S/c1-21-17-34(22(2)20-35)30(36)16-24-15-25(32-41(37,38)27-8-6-26(39-4)7-9-27)5-10-28(24)40-29(21)19-33(3)18-23-11-13-31-14-12-23/h5-15,21-22,29,32,35H,16-20H2,1-4H3/t21-,22-,29-/m1/s1. The summed E-state index contributed by atoms with van der Waals surface area (Å²) in [4.78, 5) is 21.5. The molecule has 0 unspecified atom stereocenters. The van der Waals surface area contributed by atoms with E-state index in [1.165, 1.54) is 19.2 Å². The highest BCUT2D eigenvalue weighted by atomic mass is 32.2. The lowest BCUT2D eigenvalue weighted by Crippen LogP contribution is -2.47. The normalized spacial score (nSPS) is 18.5. The van der Waals surface area contributed by atoms with Crippen LogP contribution in [0.2, 0.25) is 0 Å². The number of nitrogens with one attached hydrogen (secondary N) is 1. The highest BCUT2D eigenvalue weighted by molar-refractivity contribution is 7.92. The molecule has 2 aromatic carbocycles. The van der Waals surface area contributed by atoms with E-state index in [4.69, 9.17) is 9.47 Å². The third kappa shape index (κ3) is 7.75. The number of aliphatic hydroxyl groups excluding tert-OH is 1. The number of rotatable bonds is 10. The maximum Gasteiger partial charge on any atom is 0.261 e. The number of ether oxygens (including phenoxy) is 2. The second-order valence-corrected chi connectivity index (χ2v) is 12.2. The number of methoxy groups -OCH3 is 1. The van der Waals surface area contributed by atoms with E-state index in [2.05, 4.69) is 14.6 Å². The zero-order valence-electron chi connectivity index (χ0n) is 23.9. The van der Waals surface area contributed by atoms with Crippen molar-refractivity contribution in [1.82, 2.24) is 14.8 Å². The van der Waals surface area contributed by atoms with E-state index >= 15 is 0 Å². The van der Waals surface area contributed by atoms with Gasteiger partial charge >= 0.3 is 0 Å². The lowest BCUT2D eigenvalue weighted by Gasteiger charge is -2.34. The Balaban J connectivity index is 1.62. The monoisotopic (exact) mass is 582 g/mol. The minimum absolute atomic E-state index is 0.00404. The molecule has 0 aliphatic carbocycles. The number of sulfonamides is 1. The van der Waals surface area contributed by atoms with Crippen molar-refractivity contribution in [1.29, 1.82) is 0 Å². The molecule has 3 aromatic rings. The van der Waals surface area contributed by atoms with Crippen LogP contribution in [0.1, 0.15) is 25.0 Å². The highest BCUT2D eigenvalue weighted by Gasteiger charge is 2.31. The average molecular weight is 583 g/mol. The Bertz CT molecular complexity index is 1420. The zero-order chi connectivity index (χ0) is 29.6. The average Bonchev–Trinajstić information content (AvgIpc) is 3.00. The molecule has 2 N–H and O–H groups in total. The van der Waals surface area contributed by atoms with E-state index in [-0.39, 0.29) is 41.9 Å². The first-order valence-corrected chi connectivity index (χ1v) is 15.0. The number of aromatic nitrogens is 1. The van der Waals surface area contributed by atoms with E-state index < -0.39 is 10.0 Å². The van der Waals surface area contributed by atoms with Gasteiger partial charge in [-0.15, -0.1) is 0 Å². The quantitative estimate of drug-likeness (QED) is 0.374. The Morgan fingerprint density at radius 2 is 1.88 bits per heavy atom. The molecule has 1 aromatic heterocycles. The fourth-order valence-corrected chi connectivity index (χ4v) is 5.90. The van der Waals surface area contributed by atoms with E-state index in [9.17, 15) is 18.3 Å². The molecular formula is C30H38N4O6S. The molecule has 11 heteroatoms. The first-order valence-electron chi connectivity index (χ1n) is 13.5. The summed E-state index contributed by atoms with van der Waals surface area (Å²) in [5.41, 5.74) is 2.01. The second-order valence-electron chi connectivity index (χ2n) is 10.5. The Hall–Kier alpha value is -3.67. The van der Waals surface area contributed by atoms with Crippen molar-refractivity contribution < 1.29 is 27.8 Å². The Labute approximate surface area is 242 Å². The molecule has 2 heterocycles. The van der Waals surface area contributed by atoms with Crippen LogP contribution in [0.15, 0.2) is 71.9 Å². The van der Waals surface area contributed by atoms with Crippen LogP contribution in [-0.4, -0.2) is 80.2 Å². The van der Waals surface area contributed by atoms with Crippen molar-refractivity contribution >= 4 is 21.6 Å². The molecule has 3 atom stereocenters. The molecule has 1 amide bonds. The predicted molar refractivity (Wildman–Crippen MR) is 156 cm³/mol. The number of hydrogen-bond donors (Lipinski definition) is 2. The molecule has 0 bridgehead atoms. The zero-order valence-corrected chi connectivity index (χ0v) is 24.7. The molecule has 10 nitrogen and oxygen atoms in total. The van der Waals surface area contributed by atoms with Gasteiger partial charge < -0.3 is 19.5 Å². The van der Waals surface area contributed by atoms with Crippen LogP contribution in [0.5, 0.6) is 11.5 Å². The summed E-state index contributed by atoms with van der Waals surface area (Å²) < 4.78 is 40.4. The maximum atomic E-state index is 13.5. The first-order chi connectivity index (χ1) is 19.6. The fraction of sp³-hybridized carbons (Fsp3) is 0.400. The summed E-state index contributed by atoms with van der Waals surface area (Å²) in [7, 11) is -0.355. The Morgan fingerprint density at radius 1 is 1.17 bits per heavy atom. The van der Waals surface area contributed by atoms with Crippen LogP contribution < -0.4 is 14.2 Å². The topological polar surface area (TPSA) is 121 Å². The van der Waals surface area contributed by atoms with Gasteiger partial charge in [-0.3, -0.25) is 19.4 Å². The number of nitrogens with zero attached hydrogens (tertiary/aromatic N) is 3. The molecule has 1 aliphatic rings. The van der Waals surface area contributed by atoms with Gasteiger partial charge in [-0.05, 0) is 74.1 Å². The molecular weight excluding hydrogens is 544 g/mol. The number of anilines is 1. The number of fused-ring (bicyclic) bond motifs is 1. The van der Waals surface area contributed by atoms with Gasteiger partial charge in [-0.1, -0.05) is 6.92 Å². The Morgan fingerprint density at radius 3 is 2.54 bits per heavy atom. The number of carbonyl (C=O) groups is 1. The fourth-order valence-electron chi connectivity index (χ4n) is 4.85. The predicted octanol–water partition coefficient (Wildman–Crippen LogP) is 3.17. The van der Waals surface area contributed by atoms with E-state index in [1.807, 2.05) is 33.0 Å². The van der Waals surface area contributed by atoms with Crippen LogP contribution in [-0.2, 0) is 27.8 Å². The van der Waals surface area contributed by atoms with Crippen LogP contribution >= 0.6 is 0 Å². The van der Waals surface area contributed by atoms with Gasteiger partial charge in [0.2, 0.25) is 5.91 Å². The van der Waals surface area contributed by atoms with E-state index in [0.29, 0.717) is 42.4 Å². The van der Waals surface area contributed by atoms with Crippen molar-refractivity contribution in [3.63, 3.8) is 0 Å². The third-order valence-corrected chi connectivity index (χ3v) is 8.63. The summed E-state index contributed by atoms with van der Waals surface area (Å²) in [5.74, 6) is 0.864. The summed E-state index contributed by atoms with van der Waals surface area (Å²) in [5, 5.41) is 9.88. The molecule has 0 radical (unpaired) electrons.